The zero-order valence-corrected chi connectivity index (χ0v) is 10.4. The van der Waals surface area contributed by atoms with Gasteiger partial charge in [0.05, 0.1) is 0 Å². The SMILES string of the molecule is CNC(=O)c1cc(N(C)CC/C(N)=N/O)ccn1. The van der Waals surface area contributed by atoms with Crippen LogP contribution in [0.4, 0.5) is 5.69 Å². The molecule has 1 amide bonds. The second-order valence-electron chi connectivity index (χ2n) is 3.74. The highest BCUT2D eigenvalue weighted by molar-refractivity contribution is 5.92. The van der Waals surface area contributed by atoms with Gasteiger partial charge in [-0.3, -0.25) is 9.78 Å². The first-order valence-corrected chi connectivity index (χ1v) is 5.44. The molecule has 0 fully saturated rings. The number of amidine groups is 1. The van der Waals surface area contributed by atoms with Crippen molar-refractivity contribution in [1.82, 2.24) is 10.3 Å². The number of carbonyl (C=O) groups excluding carboxylic acids is 1. The molecule has 0 aliphatic heterocycles. The van der Waals surface area contributed by atoms with Crippen LogP contribution in [0.5, 0.6) is 0 Å². The number of pyridine rings is 1. The van der Waals surface area contributed by atoms with Gasteiger partial charge in [0.1, 0.15) is 11.5 Å². The number of hydrogen-bond donors (Lipinski definition) is 3. The van der Waals surface area contributed by atoms with E-state index in [2.05, 4.69) is 15.5 Å². The van der Waals surface area contributed by atoms with Gasteiger partial charge in [-0.25, -0.2) is 0 Å². The van der Waals surface area contributed by atoms with E-state index in [0.29, 0.717) is 18.7 Å². The fraction of sp³-hybridized carbons (Fsp3) is 0.364. The Morgan fingerprint density at radius 3 is 3.00 bits per heavy atom. The molecule has 7 heteroatoms. The van der Waals surface area contributed by atoms with Crippen molar-refractivity contribution in [1.29, 1.82) is 0 Å². The summed E-state index contributed by atoms with van der Waals surface area (Å²) in [6.45, 7) is 0.576. The lowest BCUT2D eigenvalue weighted by molar-refractivity contribution is 0.0958. The number of hydrogen-bond acceptors (Lipinski definition) is 5. The van der Waals surface area contributed by atoms with E-state index in [9.17, 15) is 4.79 Å². The maximum absolute atomic E-state index is 11.4. The van der Waals surface area contributed by atoms with Gasteiger partial charge in [0.2, 0.25) is 0 Å². The molecule has 1 rings (SSSR count). The highest BCUT2D eigenvalue weighted by atomic mass is 16.4. The highest BCUT2D eigenvalue weighted by Crippen LogP contribution is 2.13. The van der Waals surface area contributed by atoms with E-state index < -0.39 is 0 Å². The van der Waals surface area contributed by atoms with Crippen molar-refractivity contribution < 1.29 is 10.0 Å². The molecule has 0 saturated heterocycles. The molecule has 0 spiro atoms. The molecule has 18 heavy (non-hydrogen) atoms. The predicted octanol–water partition coefficient (Wildman–Crippen LogP) is 0.0139. The summed E-state index contributed by atoms with van der Waals surface area (Å²) in [6.07, 6.45) is 2.00. The number of nitrogens with zero attached hydrogens (tertiary/aromatic N) is 3. The maximum Gasteiger partial charge on any atom is 0.269 e. The smallest absolute Gasteiger partial charge is 0.269 e. The van der Waals surface area contributed by atoms with Crippen LogP contribution >= 0.6 is 0 Å². The topological polar surface area (TPSA) is 104 Å². The Labute approximate surface area is 105 Å². The molecule has 98 valence electrons. The van der Waals surface area contributed by atoms with Crippen molar-refractivity contribution in [3.05, 3.63) is 24.0 Å². The first-order valence-electron chi connectivity index (χ1n) is 5.44. The Morgan fingerprint density at radius 1 is 1.67 bits per heavy atom. The normalized spacial score (nSPS) is 11.1. The van der Waals surface area contributed by atoms with E-state index >= 15 is 0 Å². The van der Waals surface area contributed by atoms with Gasteiger partial charge >= 0.3 is 0 Å². The van der Waals surface area contributed by atoms with Crippen LogP contribution in [0.3, 0.4) is 0 Å². The molecule has 1 heterocycles. The van der Waals surface area contributed by atoms with Crippen LogP contribution in [0, 0.1) is 0 Å². The average molecular weight is 251 g/mol. The van der Waals surface area contributed by atoms with E-state index in [-0.39, 0.29) is 11.7 Å². The number of oxime groups is 1. The first kappa shape index (κ1) is 13.8. The molecule has 7 nitrogen and oxygen atoms in total. The summed E-state index contributed by atoms with van der Waals surface area (Å²) < 4.78 is 0. The predicted molar refractivity (Wildman–Crippen MR) is 68.9 cm³/mol. The molecular weight excluding hydrogens is 234 g/mol. The fourth-order valence-electron chi connectivity index (χ4n) is 1.37. The van der Waals surface area contributed by atoms with Crippen LogP contribution in [0.2, 0.25) is 0 Å². The van der Waals surface area contributed by atoms with Gasteiger partial charge < -0.3 is 21.2 Å². The quantitative estimate of drug-likeness (QED) is 0.296. The van der Waals surface area contributed by atoms with Crippen molar-refractivity contribution in [3.63, 3.8) is 0 Å². The zero-order valence-electron chi connectivity index (χ0n) is 10.4. The molecular formula is C11H17N5O2. The van der Waals surface area contributed by atoms with Gasteiger partial charge in [-0.2, -0.15) is 0 Å². The molecule has 1 aromatic heterocycles. The second kappa shape index (κ2) is 6.43. The molecule has 0 aromatic carbocycles. The molecule has 0 bridgehead atoms. The molecule has 0 aliphatic rings. The number of carbonyl (C=O) groups is 1. The maximum atomic E-state index is 11.4. The van der Waals surface area contributed by atoms with E-state index in [1.807, 2.05) is 11.9 Å². The Hall–Kier alpha value is -2.31. The largest absolute Gasteiger partial charge is 0.409 e. The van der Waals surface area contributed by atoms with Crippen molar-refractivity contribution in [2.24, 2.45) is 10.9 Å². The Balaban J connectivity index is 2.74. The lowest BCUT2D eigenvalue weighted by atomic mass is 10.2. The van der Waals surface area contributed by atoms with Crippen molar-refractivity contribution in [2.45, 2.75) is 6.42 Å². The van der Waals surface area contributed by atoms with E-state index in [1.165, 1.54) is 0 Å². The Kier molecular flexibility index (Phi) is 4.91. The summed E-state index contributed by atoms with van der Waals surface area (Å²) in [5.74, 6) is -0.0656. The number of nitrogens with one attached hydrogen (secondary N) is 1. The molecule has 0 radical (unpaired) electrons. The van der Waals surface area contributed by atoms with Gasteiger partial charge in [0, 0.05) is 38.9 Å². The Morgan fingerprint density at radius 2 is 2.39 bits per heavy atom. The van der Waals surface area contributed by atoms with Crippen LogP contribution in [-0.2, 0) is 0 Å². The molecule has 4 N–H and O–H groups in total. The fourth-order valence-corrected chi connectivity index (χ4v) is 1.37. The summed E-state index contributed by atoms with van der Waals surface area (Å²) >= 11 is 0. The zero-order chi connectivity index (χ0) is 13.5. The summed E-state index contributed by atoms with van der Waals surface area (Å²) in [5, 5.41) is 13.9. The molecule has 0 aliphatic carbocycles. The number of anilines is 1. The lowest BCUT2D eigenvalue weighted by Gasteiger charge is -2.19. The minimum Gasteiger partial charge on any atom is -0.409 e. The van der Waals surface area contributed by atoms with Crippen LogP contribution in [0.25, 0.3) is 0 Å². The monoisotopic (exact) mass is 251 g/mol. The van der Waals surface area contributed by atoms with E-state index in [4.69, 9.17) is 10.9 Å². The lowest BCUT2D eigenvalue weighted by Crippen LogP contribution is -2.25. The number of amides is 1. The third-order valence-electron chi connectivity index (χ3n) is 2.48. The minimum absolute atomic E-state index is 0.169. The molecule has 0 unspecified atom stereocenters. The van der Waals surface area contributed by atoms with Gasteiger partial charge in [-0.1, -0.05) is 5.16 Å². The standard InChI is InChI=1S/C11H17N5O2/c1-13-11(17)9-7-8(3-5-14-9)16(2)6-4-10(12)15-18/h3,5,7,18H,4,6H2,1-2H3,(H2,12,15)(H,13,17). The van der Waals surface area contributed by atoms with Crippen LogP contribution in [0.1, 0.15) is 16.9 Å². The van der Waals surface area contributed by atoms with Crippen LogP contribution < -0.4 is 16.0 Å². The van der Waals surface area contributed by atoms with E-state index in [0.717, 1.165) is 5.69 Å². The average Bonchev–Trinajstić information content (AvgIpc) is 2.43. The third-order valence-corrected chi connectivity index (χ3v) is 2.48. The summed E-state index contributed by atoms with van der Waals surface area (Å²) in [7, 11) is 3.41. The van der Waals surface area contributed by atoms with Crippen molar-refractivity contribution >= 4 is 17.4 Å². The van der Waals surface area contributed by atoms with Gasteiger partial charge in [-0.05, 0) is 12.1 Å². The highest BCUT2D eigenvalue weighted by Gasteiger charge is 2.08. The van der Waals surface area contributed by atoms with Crippen molar-refractivity contribution in [3.8, 4) is 0 Å². The van der Waals surface area contributed by atoms with E-state index in [1.54, 1.807) is 25.4 Å². The first-order chi connectivity index (χ1) is 8.58. The molecule has 0 saturated carbocycles. The summed E-state index contributed by atoms with van der Waals surface area (Å²) in [6, 6.07) is 3.48. The number of aromatic nitrogens is 1. The number of rotatable bonds is 5. The van der Waals surface area contributed by atoms with Crippen LogP contribution in [0.15, 0.2) is 23.5 Å². The van der Waals surface area contributed by atoms with Gasteiger partial charge in [0.25, 0.3) is 5.91 Å². The minimum atomic E-state index is -0.235. The summed E-state index contributed by atoms with van der Waals surface area (Å²) in [5.41, 5.74) is 6.59. The number of nitrogens with two attached hydrogens (primary N) is 1. The summed E-state index contributed by atoms with van der Waals surface area (Å²) in [4.78, 5) is 17.3. The Bertz CT molecular complexity index is 447. The third kappa shape index (κ3) is 3.62. The van der Waals surface area contributed by atoms with Gasteiger partial charge in [0.15, 0.2) is 0 Å². The molecule has 1 aromatic rings. The second-order valence-corrected chi connectivity index (χ2v) is 3.74. The van der Waals surface area contributed by atoms with Crippen LogP contribution in [-0.4, -0.2) is 42.6 Å². The molecule has 0 atom stereocenters. The van der Waals surface area contributed by atoms with Gasteiger partial charge in [-0.15, -0.1) is 0 Å². The van der Waals surface area contributed by atoms with Crippen molar-refractivity contribution in [2.75, 3.05) is 25.5 Å².